The van der Waals surface area contributed by atoms with Gasteiger partial charge in [-0.25, -0.2) is 0 Å². The van der Waals surface area contributed by atoms with Gasteiger partial charge in [0.1, 0.15) is 0 Å². The molecular weight excluding hydrogens is 395 g/mol. The summed E-state index contributed by atoms with van der Waals surface area (Å²) in [5.41, 5.74) is 0.865. The molecule has 0 aromatic heterocycles. The van der Waals surface area contributed by atoms with Crippen LogP contribution in [0.4, 0.5) is 5.69 Å². The quantitative estimate of drug-likeness (QED) is 0.608. The zero-order valence-corrected chi connectivity index (χ0v) is 14.9. The highest BCUT2D eigenvalue weighted by molar-refractivity contribution is 9.10. The topological polar surface area (TPSA) is 82.2 Å². The van der Waals surface area contributed by atoms with E-state index in [1.807, 2.05) is 6.07 Å². The molecule has 1 fully saturated rings. The summed E-state index contributed by atoms with van der Waals surface area (Å²) in [4.78, 5) is 12.8. The SMILES string of the molecule is Cl.Cl.N#CC[C@@H](c1ccc(Br)c([N+](=O)[O-])c1)N1CCNCC1. The first-order chi connectivity index (χ1) is 9.63. The molecule has 22 heavy (non-hydrogen) atoms. The molecular formula is C13H17BrCl2N4O2. The molecule has 2 rings (SSSR count). The number of nitrogens with zero attached hydrogens (tertiary/aromatic N) is 3. The molecule has 1 atom stereocenters. The smallest absolute Gasteiger partial charge is 0.283 e. The Hall–Kier alpha value is -0.910. The van der Waals surface area contributed by atoms with Gasteiger partial charge in [0.2, 0.25) is 0 Å². The lowest BCUT2D eigenvalue weighted by Gasteiger charge is -2.34. The van der Waals surface area contributed by atoms with Gasteiger partial charge >= 0.3 is 0 Å². The van der Waals surface area contributed by atoms with Gasteiger partial charge < -0.3 is 5.32 Å². The third-order valence-electron chi connectivity index (χ3n) is 3.43. The van der Waals surface area contributed by atoms with E-state index >= 15 is 0 Å². The number of halogens is 3. The van der Waals surface area contributed by atoms with E-state index in [9.17, 15) is 10.1 Å². The first-order valence-corrected chi connectivity index (χ1v) is 7.18. The fourth-order valence-electron chi connectivity index (χ4n) is 2.41. The van der Waals surface area contributed by atoms with Crippen LogP contribution in [0.3, 0.4) is 0 Å². The summed E-state index contributed by atoms with van der Waals surface area (Å²) in [6.07, 6.45) is 0.332. The van der Waals surface area contributed by atoms with E-state index in [4.69, 9.17) is 5.26 Å². The molecule has 0 amide bonds. The Morgan fingerprint density at radius 2 is 2.05 bits per heavy atom. The molecule has 0 unspecified atom stereocenters. The second-order valence-corrected chi connectivity index (χ2v) is 5.49. The second-order valence-electron chi connectivity index (χ2n) is 4.63. The molecule has 1 aliphatic rings. The van der Waals surface area contributed by atoms with Crippen LogP contribution in [0, 0.1) is 21.4 Å². The van der Waals surface area contributed by atoms with Crippen LogP contribution in [0.5, 0.6) is 0 Å². The summed E-state index contributed by atoms with van der Waals surface area (Å²) >= 11 is 3.18. The highest BCUT2D eigenvalue weighted by atomic mass is 79.9. The molecule has 9 heteroatoms. The molecule has 0 spiro atoms. The lowest BCUT2D eigenvalue weighted by molar-refractivity contribution is -0.385. The van der Waals surface area contributed by atoms with Gasteiger partial charge in [0, 0.05) is 38.3 Å². The monoisotopic (exact) mass is 410 g/mol. The van der Waals surface area contributed by atoms with E-state index in [0.717, 1.165) is 31.7 Å². The lowest BCUT2D eigenvalue weighted by Crippen LogP contribution is -2.45. The maximum Gasteiger partial charge on any atom is 0.283 e. The summed E-state index contributed by atoms with van der Waals surface area (Å²) in [7, 11) is 0. The average molecular weight is 412 g/mol. The minimum absolute atomic E-state index is 0. The summed E-state index contributed by atoms with van der Waals surface area (Å²) in [6, 6.07) is 7.19. The van der Waals surface area contributed by atoms with Gasteiger partial charge in [-0.1, -0.05) is 6.07 Å². The Morgan fingerprint density at radius 3 is 2.59 bits per heavy atom. The first-order valence-electron chi connectivity index (χ1n) is 6.39. The lowest BCUT2D eigenvalue weighted by atomic mass is 10.0. The van der Waals surface area contributed by atoms with Gasteiger partial charge in [-0.2, -0.15) is 5.26 Å². The largest absolute Gasteiger partial charge is 0.314 e. The van der Waals surface area contributed by atoms with Gasteiger partial charge in [-0.3, -0.25) is 15.0 Å². The third-order valence-corrected chi connectivity index (χ3v) is 4.10. The van der Waals surface area contributed by atoms with Crippen molar-refractivity contribution in [1.29, 1.82) is 5.26 Å². The number of nitro groups is 1. The average Bonchev–Trinajstić information content (AvgIpc) is 2.46. The number of benzene rings is 1. The number of nitrogens with one attached hydrogen (secondary N) is 1. The van der Waals surface area contributed by atoms with Gasteiger partial charge in [-0.15, -0.1) is 24.8 Å². The van der Waals surface area contributed by atoms with Crippen LogP contribution in [-0.2, 0) is 0 Å². The molecule has 1 N–H and O–H groups in total. The van der Waals surface area contributed by atoms with Gasteiger partial charge in [0.15, 0.2) is 0 Å². The van der Waals surface area contributed by atoms with Gasteiger partial charge in [0.25, 0.3) is 5.69 Å². The van der Waals surface area contributed by atoms with Crippen molar-refractivity contribution in [2.45, 2.75) is 12.5 Å². The molecule has 1 aromatic carbocycles. The number of nitriles is 1. The van der Waals surface area contributed by atoms with Crippen molar-refractivity contribution in [1.82, 2.24) is 10.2 Å². The van der Waals surface area contributed by atoms with Crippen LogP contribution in [-0.4, -0.2) is 36.0 Å². The minimum atomic E-state index is -0.408. The molecule has 0 bridgehead atoms. The molecule has 1 saturated heterocycles. The van der Waals surface area contributed by atoms with Gasteiger partial charge in [0.05, 0.1) is 21.9 Å². The Labute approximate surface area is 150 Å². The fourth-order valence-corrected chi connectivity index (χ4v) is 2.81. The molecule has 122 valence electrons. The van der Waals surface area contributed by atoms with E-state index in [-0.39, 0.29) is 36.5 Å². The second kappa shape index (κ2) is 9.98. The Bertz CT molecular complexity index is 547. The summed E-state index contributed by atoms with van der Waals surface area (Å²) < 4.78 is 0.460. The zero-order chi connectivity index (χ0) is 14.5. The standard InChI is InChI=1S/C13H15BrN4O2.2ClH/c14-11-2-1-10(9-13(11)18(19)20)12(3-4-15)17-7-5-16-6-8-17;;/h1-2,9,12,16H,3,5-8H2;2*1H/t12-;;/m0../s1. The predicted octanol–water partition coefficient (Wildman–Crippen LogP) is 3.06. The van der Waals surface area contributed by atoms with E-state index in [1.54, 1.807) is 12.1 Å². The van der Waals surface area contributed by atoms with E-state index in [2.05, 4.69) is 32.2 Å². The van der Waals surface area contributed by atoms with Gasteiger partial charge in [-0.05, 0) is 27.6 Å². The van der Waals surface area contributed by atoms with Crippen LogP contribution >= 0.6 is 40.7 Å². The predicted molar refractivity (Wildman–Crippen MR) is 92.7 cm³/mol. The molecule has 6 nitrogen and oxygen atoms in total. The van der Waals surface area contributed by atoms with Crippen molar-refractivity contribution in [3.8, 4) is 6.07 Å². The van der Waals surface area contributed by atoms with Crippen molar-refractivity contribution < 1.29 is 4.92 Å². The zero-order valence-electron chi connectivity index (χ0n) is 11.7. The molecule has 0 radical (unpaired) electrons. The maximum atomic E-state index is 11.0. The molecule has 1 heterocycles. The number of nitro benzene ring substituents is 1. The number of hydrogen-bond donors (Lipinski definition) is 1. The van der Waals surface area contributed by atoms with Crippen molar-refractivity contribution in [2.24, 2.45) is 0 Å². The Kier molecular flexibility index (Phi) is 9.56. The normalized spacial score (nSPS) is 15.8. The molecule has 1 aliphatic heterocycles. The summed E-state index contributed by atoms with van der Waals surface area (Å²) in [6.45, 7) is 3.44. The number of piperazine rings is 1. The molecule has 1 aromatic rings. The number of hydrogen-bond acceptors (Lipinski definition) is 5. The highest BCUT2D eigenvalue weighted by Gasteiger charge is 2.24. The third kappa shape index (κ3) is 5.07. The van der Waals surface area contributed by atoms with Crippen molar-refractivity contribution in [3.05, 3.63) is 38.3 Å². The summed E-state index contributed by atoms with van der Waals surface area (Å²) in [5, 5.41) is 23.3. The number of rotatable bonds is 4. The van der Waals surface area contributed by atoms with Crippen LogP contribution < -0.4 is 5.32 Å². The minimum Gasteiger partial charge on any atom is -0.314 e. The van der Waals surface area contributed by atoms with Crippen molar-refractivity contribution in [3.63, 3.8) is 0 Å². The van der Waals surface area contributed by atoms with Crippen LogP contribution in [0.25, 0.3) is 0 Å². The van der Waals surface area contributed by atoms with E-state index in [0.29, 0.717) is 10.9 Å². The van der Waals surface area contributed by atoms with Crippen molar-refractivity contribution >= 4 is 46.4 Å². The van der Waals surface area contributed by atoms with Crippen LogP contribution in [0.1, 0.15) is 18.0 Å². The summed E-state index contributed by atoms with van der Waals surface area (Å²) in [5.74, 6) is 0. The fraction of sp³-hybridized carbons (Fsp3) is 0.462. The first kappa shape index (κ1) is 21.1. The Morgan fingerprint density at radius 1 is 1.41 bits per heavy atom. The molecule has 0 saturated carbocycles. The Balaban J connectivity index is 0.00000220. The maximum absolute atomic E-state index is 11.0. The van der Waals surface area contributed by atoms with E-state index < -0.39 is 4.92 Å². The molecule has 0 aliphatic carbocycles. The van der Waals surface area contributed by atoms with Crippen LogP contribution in [0.2, 0.25) is 0 Å². The van der Waals surface area contributed by atoms with Crippen LogP contribution in [0.15, 0.2) is 22.7 Å². The highest BCUT2D eigenvalue weighted by Crippen LogP contribution is 2.31. The van der Waals surface area contributed by atoms with E-state index in [1.165, 1.54) is 0 Å². The van der Waals surface area contributed by atoms with Crippen molar-refractivity contribution in [2.75, 3.05) is 26.2 Å².